The predicted molar refractivity (Wildman–Crippen MR) is 131 cm³/mol. The van der Waals surface area contributed by atoms with Crippen LogP contribution in [0.5, 0.6) is 6.01 Å². The fourth-order valence-corrected chi connectivity index (χ4v) is 3.93. The number of amides is 2. The first-order valence-electron chi connectivity index (χ1n) is 12.3. The van der Waals surface area contributed by atoms with Crippen molar-refractivity contribution in [1.82, 2.24) is 20.2 Å². The third-order valence-electron chi connectivity index (χ3n) is 6.59. The van der Waals surface area contributed by atoms with Gasteiger partial charge in [0.2, 0.25) is 5.91 Å². The molecule has 2 saturated heterocycles. The van der Waals surface area contributed by atoms with Crippen LogP contribution in [0.4, 0.5) is 4.79 Å². The number of hydrogen-bond donors (Lipinski definition) is 1. The lowest BCUT2D eigenvalue weighted by Gasteiger charge is -2.37. The Labute approximate surface area is 208 Å². The summed E-state index contributed by atoms with van der Waals surface area (Å²) in [5, 5.41) is 2.63. The highest BCUT2D eigenvalue weighted by Gasteiger charge is 2.52. The molecule has 1 aromatic rings. The first-order valence-corrected chi connectivity index (χ1v) is 12.3. The van der Waals surface area contributed by atoms with Crippen LogP contribution in [-0.2, 0) is 18.8 Å². The Morgan fingerprint density at radius 3 is 2.34 bits per heavy atom. The SMILES string of the molecule is C[C@H](NC(=O)OC(C)(C)C)C(=O)N1CCCC[C@H]1COc1ncc(B2OC(C)(C)C(C)(C)O2)cn1. The minimum atomic E-state index is -0.708. The zero-order chi connectivity index (χ0) is 26.0. The van der Waals surface area contributed by atoms with E-state index in [4.69, 9.17) is 18.8 Å². The number of carbonyl (C=O) groups excluding carboxylic acids is 2. The van der Waals surface area contributed by atoms with Crippen LogP contribution in [0.15, 0.2) is 12.4 Å². The van der Waals surface area contributed by atoms with Gasteiger partial charge in [-0.05, 0) is 74.7 Å². The quantitative estimate of drug-likeness (QED) is 0.606. The maximum Gasteiger partial charge on any atom is 0.498 e. The van der Waals surface area contributed by atoms with Gasteiger partial charge in [0.15, 0.2) is 0 Å². The summed E-state index contributed by atoms with van der Waals surface area (Å²) in [5.74, 6) is -0.166. The number of ether oxygens (including phenoxy) is 2. The second kappa shape index (κ2) is 10.3. The molecule has 10 nitrogen and oxygen atoms in total. The van der Waals surface area contributed by atoms with Crippen molar-refractivity contribution >= 4 is 24.6 Å². The molecule has 2 atom stereocenters. The van der Waals surface area contributed by atoms with E-state index in [-0.39, 0.29) is 24.6 Å². The third-order valence-corrected chi connectivity index (χ3v) is 6.59. The average Bonchev–Trinajstić information content (AvgIpc) is 2.97. The summed E-state index contributed by atoms with van der Waals surface area (Å²) in [4.78, 5) is 35.5. The standard InChI is InChI=1S/C24H39BN4O6/c1-16(28-21(31)33-22(2,3)4)19(30)29-12-10-9-11-18(29)15-32-20-26-13-17(14-27-20)25-34-23(5,6)24(7,8)35-25/h13-14,16,18H,9-12,15H2,1-8H3,(H,28,31)/t16-,18-/m0/s1. The zero-order valence-electron chi connectivity index (χ0n) is 22.2. The molecule has 0 saturated carbocycles. The highest BCUT2D eigenvalue weighted by Crippen LogP contribution is 2.36. The number of carbonyl (C=O) groups is 2. The highest BCUT2D eigenvalue weighted by molar-refractivity contribution is 6.61. The maximum absolute atomic E-state index is 13.1. The fraction of sp³-hybridized carbons (Fsp3) is 0.750. The fourth-order valence-electron chi connectivity index (χ4n) is 3.93. The number of nitrogens with one attached hydrogen (secondary N) is 1. The number of hydrogen-bond acceptors (Lipinski definition) is 8. The van der Waals surface area contributed by atoms with Crippen LogP contribution in [0.25, 0.3) is 0 Å². The molecule has 2 fully saturated rings. The number of piperidine rings is 1. The van der Waals surface area contributed by atoms with Crippen molar-refractivity contribution in [3.63, 3.8) is 0 Å². The number of nitrogens with zero attached hydrogens (tertiary/aromatic N) is 3. The van der Waals surface area contributed by atoms with Crippen LogP contribution in [0.1, 0.15) is 74.7 Å². The van der Waals surface area contributed by atoms with Gasteiger partial charge in [0.25, 0.3) is 0 Å². The van der Waals surface area contributed by atoms with Gasteiger partial charge in [0, 0.05) is 24.4 Å². The Hall–Kier alpha value is -2.40. The molecule has 0 bridgehead atoms. The Morgan fingerprint density at radius 2 is 1.77 bits per heavy atom. The van der Waals surface area contributed by atoms with Gasteiger partial charge < -0.3 is 29.0 Å². The first-order chi connectivity index (χ1) is 16.2. The molecule has 0 radical (unpaired) electrons. The van der Waals surface area contributed by atoms with Gasteiger partial charge in [-0.1, -0.05) is 0 Å². The molecular weight excluding hydrogens is 451 g/mol. The lowest BCUT2D eigenvalue weighted by Crippen LogP contribution is -2.54. The molecule has 2 aliphatic heterocycles. The Morgan fingerprint density at radius 1 is 1.17 bits per heavy atom. The molecule has 11 heteroatoms. The van der Waals surface area contributed by atoms with Gasteiger partial charge in [-0.3, -0.25) is 4.79 Å². The van der Waals surface area contributed by atoms with Crippen LogP contribution in [-0.4, -0.2) is 76.0 Å². The van der Waals surface area contributed by atoms with E-state index in [1.54, 1.807) is 45.0 Å². The summed E-state index contributed by atoms with van der Waals surface area (Å²) in [7, 11) is -0.542. The molecule has 35 heavy (non-hydrogen) atoms. The van der Waals surface area contributed by atoms with Crippen LogP contribution in [0.3, 0.4) is 0 Å². The molecule has 1 N–H and O–H groups in total. The minimum absolute atomic E-state index is 0.134. The van der Waals surface area contributed by atoms with Crippen LogP contribution >= 0.6 is 0 Å². The lowest BCUT2D eigenvalue weighted by molar-refractivity contribution is -0.137. The molecule has 3 rings (SSSR count). The van der Waals surface area contributed by atoms with E-state index in [2.05, 4.69) is 15.3 Å². The molecule has 0 aliphatic carbocycles. The normalized spacial score (nSPS) is 22.5. The molecule has 0 aromatic carbocycles. The van der Waals surface area contributed by atoms with Crippen molar-refractivity contribution < 1.29 is 28.4 Å². The largest absolute Gasteiger partial charge is 0.498 e. The Balaban J connectivity index is 1.56. The van der Waals surface area contributed by atoms with Crippen molar-refractivity contribution in [1.29, 1.82) is 0 Å². The van der Waals surface area contributed by atoms with E-state index < -0.39 is 36.1 Å². The molecule has 0 unspecified atom stereocenters. The third kappa shape index (κ3) is 6.85. The van der Waals surface area contributed by atoms with Gasteiger partial charge >= 0.3 is 19.2 Å². The van der Waals surface area contributed by atoms with Crippen molar-refractivity contribution in [2.24, 2.45) is 0 Å². The van der Waals surface area contributed by atoms with E-state index >= 15 is 0 Å². The van der Waals surface area contributed by atoms with E-state index in [0.717, 1.165) is 19.3 Å². The van der Waals surface area contributed by atoms with E-state index in [9.17, 15) is 9.59 Å². The predicted octanol–water partition coefficient (Wildman–Crippen LogP) is 2.45. The van der Waals surface area contributed by atoms with Crippen LogP contribution < -0.4 is 15.5 Å². The molecular formula is C24H39BN4O6. The van der Waals surface area contributed by atoms with Gasteiger partial charge in [-0.2, -0.15) is 0 Å². The molecule has 2 amide bonds. The van der Waals surface area contributed by atoms with Crippen LogP contribution in [0.2, 0.25) is 0 Å². The van der Waals surface area contributed by atoms with Gasteiger partial charge in [0.05, 0.1) is 17.2 Å². The number of rotatable bonds is 6. The number of aromatic nitrogens is 2. The Bertz CT molecular complexity index is 886. The lowest BCUT2D eigenvalue weighted by atomic mass is 9.81. The van der Waals surface area contributed by atoms with E-state index in [0.29, 0.717) is 12.0 Å². The molecule has 0 spiro atoms. The number of likely N-dealkylation sites (tertiary alicyclic amines) is 1. The Kier molecular flexibility index (Phi) is 8.01. The van der Waals surface area contributed by atoms with Crippen molar-refractivity contribution in [3.05, 3.63) is 12.4 Å². The second-order valence-corrected chi connectivity index (χ2v) is 11.2. The molecule has 1 aromatic heterocycles. The summed E-state index contributed by atoms with van der Waals surface area (Å²) >= 11 is 0. The second-order valence-electron chi connectivity index (χ2n) is 11.2. The van der Waals surface area contributed by atoms with Crippen molar-refractivity contribution in [2.75, 3.05) is 13.2 Å². The van der Waals surface area contributed by atoms with E-state index in [1.807, 2.05) is 27.7 Å². The maximum atomic E-state index is 13.1. The van der Waals surface area contributed by atoms with Crippen molar-refractivity contribution in [3.8, 4) is 6.01 Å². The van der Waals surface area contributed by atoms with Gasteiger partial charge in [0.1, 0.15) is 18.2 Å². The summed E-state index contributed by atoms with van der Waals surface area (Å²) in [6.07, 6.45) is 5.37. The monoisotopic (exact) mass is 490 g/mol. The van der Waals surface area contributed by atoms with Crippen LogP contribution in [0, 0.1) is 0 Å². The zero-order valence-corrected chi connectivity index (χ0v) is 22.2. The minimum Gasteiger partial charge on any atom is -0.461 e. The van der Waals surface area contributed by atoms with Crippen molar-refractivity contribution in [2.45, 2.75) is 104 Å². The smallest absolute Gasteiger partial charge is 0.461 e. The molecule has 3 heterocycles. The first kappa shape index (κ1) is 27.2. The highest BCUT2D eigenvalue weighted by atomic mass is 16.7. The number of alkyl carbamates (subject to hydrolysis) is 1. The molecule has 194 valence electrons. The molecule has 2 aliphatic rings. The van der Waals surface area contributed by atoms with Gasteiger partial charge in [-0.25, -0.2) is 14.8 Å². The summed E-state index contributed by atoms with van der Waals surface area (Å²) in [5.41, 5.74) is -0.808. The topological polar surface area (TPSA) is 112 Å². The average molecular weight is 490 g/mol. The summed E-state index contributed by atoms with van der Waals surface area (Å²) in [6.45, 7) is 15.8. The van der Waals surface area contributed by atoms with Gasteiger partial charge in [-0.15, -0.1) is 0 Å². The van der Waals surface area contributed by atoms with E-state index in [1.165, 1.54) is 0 Å². The summed E-state index contributed by atoms with van der Waals surface area (Å²) in [6, 6.07) is -0.616. The summed E-state index contributed by atoms with van der Waals surface area (Å²) < 4.78 is 23.2.